The van der Waals surface area contributed by atoms with Gasteiger partial charge in [0.1, 0.15) is 16.5 Å². The van der Waals surface area contributed by atoms with Crippen molar-refractivity contribution in [2.75, 3.05) is 4.90 Å². The van der Waals surface area contributed by atoms with Crippen molar-refractivity contribution in [2.24, 2.45) is 4.99 Å². The maximum absolute atomic E-state index is 13.3. The van der Waals surface area contributed by atoms with E-state index in [4.69, 9.17) is 16.0 Å². The zero-order chi connectivity index (χ0) is 22.1. The maximum Gasteiger partial charge on any atom is 0.271 e. The number of rotatable bonds is 4. The summed E-state index contributed by atoms with van der Waals surface area (Å²) in [5.74, 6) is 1.00. The van der Waals surface area contributed by atoms with Crippen LogP contribution in [-0.4, -0.2) is 21.3 Å². The summed E-state index contributed by atoms with van der Waals surface area (Å²) < 4.78 is 5.95. The number of carbonyl (C=O) groups is 1. The van der Waals surface area contributed by atoms with Gasteiger partial charge in [-0.1, -0.05) is 53.3 Å². The molecule has 0 bridgehead atoms. The van der Waals surface area contributed by atoms with Crippen LogP contribution in [0.4, 0.5) is 10.8 Å². The summed E-state index contributed by atoms with van der Waals surface area (Å²) in [4.78, 5) is 20.0. The predicted octanol–water partition coefficient (Wildman–Crippen LogP) is 6.57. The minimum absolute atomic E-state index is 0.183. The van der Waals surface area contributed by atoms with Crippen molar-refractivity contribution in [3.8, 4) is 11.3 Å². The third-order valence-corrected chi connectivity index (χ3v) is 6.60. The number of nitrogens with zero attached hydrogens (tertiary/aromatic N) is 4. The Morgan fingerprint density at radius 2 is 1.81 bits per heavy atom. The van der Waals surface area contributed by atoms with Gasteiger partial charge in [-0.25, -0.2) is 0 Å². The third-order valence-electron chi connectivity index (χ3n) is 4.57. The number of amidine groups is 1. The highest BCUT2D eigenvalue weighted by atomic mass is 35.5. The molecule has 1 aliphatic rings. The molecule has 0 spiro atoms. The third kappa shape index (κ3) is 4.12. The van der Waals surface area contributed by atoms with Gasteiger partial charge in [-0.2, -0.15) is 4.99 Å². The highest BCUT2D eigenvalue weighted by Gasteiger charge is 2.35. The number of para-hydroxylation sites is 1. The van der Waals surface area contributed by atoms with Gasteiger partial charge in [0.2, 0.25) is 5.13 Å². The van der Waals surface area contributed by atoms with Crippen molar-refractivity contribution >= 4 is 62.7 Å². The molecule has 32 heavy (non-hydrogen) atoms. The zero-order valence-corrected chi connectivity index (χ0v) is 19.1. The number of furan rings is 1. The first kappa shape index (κ1) is 20.7. The summed E-state index contributed by atoms with van der Waals surface area (Å²) in [6, 6.07) is 20.5. The van der Waals surface area contributed by atoms with Gasteiger partial charge in [0, 0.05) is 11.6 Å². The number of hydrogen-bond donors (Lipinski definition) is 0. The average molecular weight is 479 g/mol. The van der Waals surface area contributed by atoms with Gasteiger partial charge in [-0.15, -0.1) is 10.2 Å². The van der Waals surface area contributed by atoms with E-state index in [1.165, 1.54) is 23.1 Å². The number of aryl methyl sites for hydroxylation is 1. The quantitative estimate of drug-likeness (QED) is 0.310. The fraction of sp³-hybridized carbons (Fsp3) is 0.0435. The molecule has 6 nitrogen and oxygen atoms in total. The van der Waals surface area contributed by atoms with E-state index < -0.39 is 0 Å². The van der Waals surface area contributed by atoms with Crippen LogP contribution >= 0.6 is 34.7 Å². The standard InChI is InChI=1S/C23H15ClN4O2S2/c1-14-26-27-22(31-14)25-23-28(15-7-3-2-4-8-15)21(29)20(32-23)13-16-11-12-19(30-16)17-9-5-6-10-18(17)24/h2-13H,1H3/b20-13+,25-23+. The van der Waals surface area contributed by atoms with E-state index in [9.17, 15) is 4.79 Å². The Bertz CT molecular complexity index is 1360. The number of aromatic nitrogens is 2. The number of benzene rings is 2. The highest BCUT2D eigenvalue weighted by Crippen LogP contribution is 2.38. The second-order valence-electron chi connectivity index (χ2n) is 6.77. The minimum Gasteiger partial charge on any atom is -0.457 e. The SMILES string of the molecule is Cc1nnc(/N=C2/S/C(=C/c3ccc(-c4ccccc4Cl)o3)C(=O)N2c2ccccc2)s1. The molecule has 2 aromatic carbocycles. The van der Waals surface area contributed by atoms with Gasteiger partial charge >= 0.3 is 0 Å². The van der Waals surface area contributed by atoms with Crippen LogP contribution in [0, 0.1) is 6.92 Å². The van der Waals surface area contributed by atoms with Crippen LogP contribution in [0.15, 0.2) is 81.0 Å². The Morgan fingerprint density at radius 3 is 2.56 bits per heavy atom. The first-order valence-electron chi connectivity index (χ1n) is 9.61. The molecule has 0 aliphatic carbocycles. The topological polar surface area (TPSA) is 71.6 Å². The van der Waals surface area contributed by atoms with Crippen molar-refractivity contribution < 1.29 is 9.21 Å². The number of halogens is 1. The second kappa shape index (κ2) is 8.74. The van der Waals surface area contributed by atoms with Crippen LogP contribution in [0.5, 0.6) is 0 Å². The van der Waals surface area contributed by atoms with Crippen molar-refractivity contribution in [1.82, 2.24) is 10.2 Å². The molecule has 0 atom stereocenters. The van der Waals surface area contributed by atoms with Crippen LogP contribution in [0.25, 0.3) is 17.4 Å². The number of anilines is 1. The Morgan fingerprint density at radius 1 is 1.03 bits per heavy atom. The monoisotopic (exact) mass is 478 g/mol. The van der Waals surface area contributed by atoms with Crippen molar-refractivity contribution in [3.05, 3.63) is 87.4 Å². The Balaban J connectivity index is 1.51. The smallest absolute Gasteiger partial charge is 0.271 e. The lowest BCUT2D eigenvalue weighted by atomic mass is 10.2. The molecule has 0 saturated carbocycles. The molecule has 1 saturated heterocycles. The molecule has 3 heterocycles. The molecule has 9 heteroatoms. The zero-order valence-electron chi connectivity index (χ0n) is 16.7. The molecule has 0 N–H and O–H groups in total. The maximum atomic E-state index is 13.3. The molecule has 1 aliphatic heterocycles. The van der Waals surface area contributed by atoms with E-state index in [1.54, 1.807) is 11.0 Å². The van der Waals surface area contributed by atoms with Crippen molar-refractivity contribution in [1.29, 1.82) is 0 Å². The summed E-state index contributed by atoms with van der Waals surface area (Å²) in [7, 11) is 0. The van der Waals surface area contributed by atoms with E-state index in [1.807, 2.05) is 73.7 Å². The van der Waals surface area contributed by atoms with Crippen molar-refractivity contribution in [2.45, 2.75) is 6.92 Å². The number of hydrogen-bond acceptors (Lipinski definition) is 7. The number of aliphatic imine (C=N–C) groups is 1. The second-order valence-corrected chi connectivity index (χ2v) is 9.34. The van der Waals surface area contributed by atoms with E-state index in [2.05, 4.69) is 15.2 Å². The molecule has 4 aromatic rings. The van der Waals surface area contributed by atoms with Crippen LogP contribution in [0.2, 0.25) is 5.02 Å². The normalized spacial score (nSPS) is 16.4. The summed E-state index contributed by atoms with van der Waals surface area (Å²) in [6.45, 7) is 1.86. The van der Waals surface area contributed by atoms with Crippen LogP contribution in [-0.2, 0) is 4.79 Å². The van der Waals surface area contributed by atoms with Crippen LogP contribution in [0.3, 0.4) is 0 Å². The van der Waals surface area contributed by atoms with Gasteiger partial charge in [0.15, 0.2) is 5.17 Å². The summed E-state index contributed by atoms with van der Waals surface area (Å²) >= 11 is 8.92. The molecule has 0 unspecified atom stereocenters. The molecule has 1 fully saturated rings. The van der Waals surface area contributed by atoms with Gasteiger partial charge in [0.25, 0.3) is 5.91 Å². The number of carbonyl (C=O) groups excluding carboxylic acids is 1. The van der Waals surface area contributed by atoms with Gasteiger partial charge in [-0.05, 0) is 55.1 Å². The summed E-state index contributed by atoms with van der Waals surface area (Å²) in [6.07, 6.45) is 1.72. The first-order valence-corrected chi connectivity index (χ1v) is 11.6. The van der Waals surface area contributed by atoms with E-state index in [0.29, 0.717) is 31.7 Å². The van der Waals surface area contributed by atoms with E-state index in [0.717, 1.165) is 16.3 Å². The largest absolute Gasteiger partial charge is 0.457 e. The molecule has 5 rings (SSSR count). The van der Waals surface area contributed by atoms with E-state index >= 15 is 0 Å². The molecule has 2 aromatic heterocycles. The molecule has 158 valence electrons. The number of thioether (sulfide) groups is 1. The molecular weight excluding hydrogens is 464 g/mol. The lowest BCUT2D eigenvalue weighted by Gasteiger charge is -2.14. The Hall–Kier alpha value is -3.20. The molecule has 1 amide bonds. The summed E-state index contributed by atoms with van der Waals surface area (Å²) in [5, 5.41) is 10.5. The fourth-order valence-corrected chi connectivity index (χ4v) is 4.94. The summed E-state index contributed by atoms with van der Waals surface area (Å²) in [5.41, 5.74) is 1.52. The highest BCUT2D eigenvalue weighted by molar-refractivity contribution is 8.19. The van der Waals surface area contributed by atoms with Crippen molar-refractivity contribution in [3.63, 3.8) is 0 Å². The van der Waals surface area contributed by atoms with E-state index in [-0.39, 0.29) is 5.91 Å². The Labute approximate surface area is 197 Å². The van der Waals surface area contributed by atoms with Gasteiger partial charge in [-0.3, -0.25) is 9.69 Å². The Kier molecular flexibility index (Phi) is 5.65. The number of amides is 1. The molecule has 0 radical (unpaired) electrons. The average Bonchev–Trinajstić information content (AvgIpc) is 3.50. The van der Waals surface area contributed by atoms with Gasteiger partial charge < -0.3 is 4.42 Å². The van der Waals surface area contributed by atoms with Crippen LogP contribution < -0.4 is 4.90 Å². The van der Waals surface area contributed by atoms with Gasteiger partial charge in [0.05, 0.1) is 15.6 Å². The molecular formula is C23H15ClN4O2S2. The minimum atomic E-state index is -0.183. The first-order chi connectivity index (χ1) is 15.6. The lowest BCUT2D eigenvalue weighted by molar-refractivity contribution is -0.113. The fourth-order valence-electron chi connectivity index (χ4n) is 3.13. The lowest BCUT2D eigenvalue weighted by Crippen LogP contribution is -2.28. The predicted molar refractivity (Wildman–Crippen MR) is 130 cm³/mol. The van der Waals surface area contributed by atoms with Crippen LogP contribution in [0.1, 0.15) is 10.8 Å².